The van der Waals surface area contributed by atoms with Crippen LogP contribution in [-0.4, -0.2) is 73.8 Å². The number of rotatable bonds is 5. The van der Waals surface area contributed by atoms with E-state index in [1.54, 1.807) is 7.11 Å². The van der Waals surface area contributed by atoms with Gasteiger partial charge in [0, 0.05) is 48.4 Å². The number of ether oxygens (including phenoxy) is 1. The lowest BCUT2D eigenvalue weighted by Crippen LogP contribution is -2.58. The SMILES string of the molecule is CC[C@@H]1CN(c2nc(OC)nc3c2CCN(c2cccc4cccc(Cl)c24)C3)C[C@H](C(C)C)N1.CN1CCCC1. The van der Waals surface area contributed by atoms with Crippen LogP contribution in [0.15, 0.2) is 36.4 Å². The Hall–Kier alpha value is -2.61. The Morgan fingerprint density at radius 3 is 2.42 bits per heavy atom. The van der Waals surface area contributed by atoms with E-state index in [0.29, 0.717) is 30.6 Å². The molecule has 0 unspecified atom stereocenters. The second-order valence-electron chi connectivity index (χ2n) is 11.8. The van der Waals surface area contributed by atoms with E-state index in [-0.39, 0.29) is 0 Å². The third-order valence-corrected chi connectivity index (χ3v) is 8.93. The van der Waals surface area contributed by atoms with Gasteiger partial charge in [-0.1, -0.05) is 56.6 Å². The Balaban J connectivity index is 0.000000477. The monoisotopic (exact) mass is 564 g/mol. The highest BCUT2D eigenvalue weighted by molar-refractivity contribution is 6.36. The number of nitrogens with zero attached hydrogens (tertiary/aromatic N) is 5. The summed E-state index contributed by atoms with van der Waals surface area (Å²) in [7, 11) is 3.83. The third kappa shape index (κ3) is 6.32. The smallest absolute Gasteiger partial charge is 0.318 e. The molecular formula is C32H45ClN6O. The molecule has 40 heavy (non-hydrogen) atoms. The van der Waals surface area contributed by atoms with E-state index >= 15 is 0 Å². The number of fused-ring (bicyclic) bond motifs is 2. The van der Waals surface area contributed by atoms with Crippen molar-refractivity contribution in [1.82, 2.24) is 20.2 Å². The first-order valence-corrected chi connectivity index (χ1v) is 15.3. The number of methoxy groups -OCH3 is 1. The summed E-state index contributed by atoms with van der Waals surface area (Å²) in [6, 6.07) is 13.8. The fourth-order valence-corrected chi connectivity index (χ4v) is 6.45. The predicted molar refractivity (Wildman–Crippen MR) is 167 cm³/mol. The fraction of sp³-hybridized carbons (Fsp3) is 0.562. The highest BCUT2D eigenvalue weighted by Crippen LogP contribution is 2.37. The van der Waals surface area contributed by atoms with Crippen LogP contribution >= 0.6 is 11.6 Å². The first kappa shape index (κ1) is 28.9. The summed E-state index contributed by atoms with van der Waals surface area (Å²) >= 11 is 6.64. The Bertz CT molecular complexity index is 1290. The van der Waals surface area contributed by atoms with E-state index in [0.717, 1.165) is 65.5 Å². The van der Waals surface area contributed by atoms with Crippen LogP contribution < -0.4 is 19.9 Å². The van der Waals surface area contributed by atoms with Crippen LogP contribution in [0.2, 0.25) is 5.02 Å². The number of anilines is 2. The van der Waals surface area contributed by atoms with Crippen molar-refractivity contribution in [3.8, 4) is 6.01 Å². The average molecular weight is 565 g/mol. The van der Waals surface area contributed by atoms with Crippen molar-refractivity contribution < 1.29 is 4.74 Å². The molecule has 0 radical (unpaired) electrons. The molecule has 6 rings (SSSR count). The summed E-state index contributed by atoms with van der Waals surface area (Å²) in [5, 5.41) is 6.86. The minimum atomic E-state index is 0.438. The van der Waals surface area contributed by atoms with Crippen molar-refractivity contribution in [3.05, 3.63) is 52.7 Å². The minimum absolute atomic E-state index is 0.438. The van der Waals surface area contributed by atoms with Gasteiger partial charge in [0.25, 0.3) is 0 Å². The molecule has 7 nitrogen and oxygen atoms in total. The number of halogens is 1. The molecule has 2 saturated heterocycles. The molecule has 2 atom stereocenters. The van der Waals surface area contributed by atoms with Crippen molar-refractivity contribution in [1.29, 1.82) is 0 Å². The van der Waals surface area contributed by atoms with E-state index < -0.39 is 0 Å². The zero-order chi connectivity index (χ0) is 28.2. The van der Waals surface area contributed by atoms with Gasteiger partial charge in [-0.25, -0.2) is 0 Å². The van der Waals surface area contributed by atoms with Crippen LogP contribution in [0.25, 0.3) is 10.8 Å². The number of likely N-dealkylation sites (tertiary alicyclic amines) is 1. The minimum Gasteiger partial charge on any atom is -0.467 e. The van der Waals surface area contributed by atoms with E-state index in [2.05, 4.69) is 72.1 Å². The van der Waals surface area contributed by atoms with E-state index in [4.69, 9.17) is 26.3 Å². The molecule has 2 aromatic carbocycles. The van der Waals surface area contributed by atoms with Crippen LogP contribution in [0.3, 0.4) is 0 Å². The lowest BCUT2D eigenvalue weighted by Gasteiger charge is -2.42. The van der Waals surface area contributed by atoms with E-state index in [9.17, 15) is 0 Å². The lowest BCUT2D eigenvalue weighted by molar-refractivity contribution is 0.303. The molecule has 2 fully saturated rings. The summed E-state index contributed by atoms with van der Waals surface area (Å²) < 4.78 is 5.57. The summed E-state index contributed by atoms with van der Waals surface area (Å²) in [6.45, 7) is 13.0. The van der Waals surface area contributed by atoms with Crippen LogP contribution in [0.1, 0.15) is 51.3 Å². The summed E-state index contributed by atoms with van der Waals surface area (Å²) in [6.07, 6.45) is 4.81. The van der Waals surface area contributed by atoms with Crippen LogP contribution in [0, 0.1) is 5.92 Å². The fourth-order valence-electron chi connectivity index (χ4n) is 6.17. The van der Waals surface area contributed by atoms with Crippen LogP contribution in [0.4, 0.5) is 11.5 Å². The maximum absolute atomic E-state index is 6.64. The number of benzene rings is 2. The Kier molecular flexibility index (Phi) is 9.34. The third-order valence-electron chi connectivity index (χ3n) is 8.61. The normalized spacial score (nSPS) is 21.4. The second kappa shape index (κ2) is 12.9. The van der Waals surface area contributed by atoms with Gasteiger partial charge in [0.15, 0.2) is 0 Å². The van der Waals surface area contributed by atoms with Gasteiger partial charge in [-0.3, -0.25) is 0 Å². The molecule has 0 saturated carbocycles. The first-order chi connectivity index (χ1) is 19.4. The van der Waals surface area contributed by atoms with Gasteiger partial charge >= 0.3 is 6.01 Å². The summed E-state index contributed by atoms with van der Waals surface area (Å²) in [4.78, 5) is 16.9. The Labute approximate surface area is 244 Å². The average Bonchev–Trinajstić information content (AvgIpc) is 3.46. The first-order valence-electron chi connectivity index (χ1n) is 14.9. The Morgan fingerprint density at radius 2 is 1.77 bits per heavy atom. The summed E-state index contributed by atoms with van der Waals surface area (Å²) in [5.74, 6) is 1.60. The molecule has 0 aliphatic carbocycles. The van der Waals surface area contributed by atoms with Gasteiger partial charge in [-0.05, 0) is 69.3 Å². The van der Waals surface area contributed by atoms with Crippen molar-refractivity contribution in [2.75, 3.05) is 56.7 Å². The van der Waals surface area contributed by atoms with Crippen LogP contribution in [-0.2, 0) is 13.0 Å². The number of hydrogen-bond donors (Lipinski definition) is 1. The molecule has 0 bridgehead atoms. The van der Waals surface area contributed by atoms with Gasteiger partial charge in [-0.2, -0.15) is 9.97 Å². The number of hydrogen-bond acceptors (Lipinski definition) is 7. The highest BCUT2D eigenvalue weighted by atomic mass is 35.5. The molecule has 8 heteroatoms. The largest absolute Gasteiger partial charge is 0.467 e. The van der Waals surface area contributed by atoms with Gasteiger partial charge in [-0.15, -0.1) is 0 Å². The maximum Gasteiger partial charge on any atom is 0.318 e. The van der Waals surface area contributed by atoms with Crippen molar-refractivity contribution >= 4 is 33.9 Å². The quantitative estimate of drug-likeness (QED) is 0.421. The second-order valence-corrected chi connectivity index (χ2v) is 12.2. The molecular weight excluding hydrogens is 520 g/mol. The Morgan fingerprint density at radius 1 is 1.02 bits per heavy atom. The molecule has 3 aromatic rings. The number of aromatic nitrogens is 2. The van der Waals surface area contributed by atoms with Gasteiger partial charge < -0.3 is 24.8 Å². The molecule has 0 spiro atoms. The zero-order valence-corrected chi connectivity index (χ0v) is 25.5. The molecule has 4 heterocycles. The van der Waals surface area contributed by atoms with E-state index in [1.165, 1.54) is 31.5 Å². The van der Waals surface area contributed by atoms with Crippen molar-refractivity contribution in [2.24, 2.45) is 5.92 Å². The van der Waals surface area contributed by atoms with E-state index in [1.807, 2.05) is 12.1 Å². The van der Waals surface area contributed by atoms with Crippen LogP contribution in [0.5, 0.6) is 6.01 Å². The molecule has 3 aliphatic rings. The van der Waals surface area contributed by atoms with Gasteiger partial charge in [0.2, 0.25) is 0 Å². The van der Waals surface area contributed by atoms with Crippen molar-refractivity contribution in [3.63, 3.8) is 0 Å². The molecule has 0 amide bonds. The van der Waals surface area contributed by atoms with Gasteiger partial charge in [0.05, 0.1) is 24.4 Å². The zero-order valence-electron chi connectivity index (χ0n) is 24.8. The lowest BCUT2D eigenvalue weighted by atomic mass is 9.97. The molecule has 216 valence electrons. The topological polar surface area (TPSA) is 56.8 Å². The maximum atomic E-state index is 6.64. The summed E-state index contributed by atoms with van der Waals surface area (Å²) in [5.41, 5.74) is 3.45. The molecule has 1 aromatic heterocycles. The highest BCUT2D eigenvalue weighted by Gasteiger charge is 2.32. The van der Waals surface area contributed by atoms with Gasteiger partial charge in [0.1, 0.15) is 5.82 Å². The molecule has 1 N–H and O–H groups in total. The standard InChI is InChI=1S/C27H34ClN5O.C5H11N/c1-5-19-14-33(15-22(29-19)17(2)3)26-20-12-13-32(16-23(20)30-27(31-26)34-4)24-11-7-9-18-8-6-10-21(28)25(18)24;1-6-4-2-3-5-6/h6-11,17,19,22,29H,5,12-16H2,1-4H3;2-5H2,1H3/t19-,22-;/m1./s1. The number of piperazine rings is 1. The predicted octanol–water partition coefficient (Wildman–Crippen LogP) is 5.78. The molecule has 3 aliphatic heterocycles. The van der Waals surface area contributed by atoms with Crippen molar-refractivity contribution in [2.45, 2.75) is 65.1 Å². The number of nitrogens with one attached hydrogen (secondary N) is 1.